The molecule has 10 nitrogen and oxygen atoms in total. The van der Waals surface area contributed by atoms with Crippen LogP contribution >= 0.6 is 0 Å². The van der Waals surface area contributed by atoms with E-state index in [4.69, 9.17) is 0 Å². The van der Waals surface area contributed by atoms with Gasteiger partial charge in [0.25, 0.3) is 0 Å². The van der Waals surface area contributed by atoms with Crippen molar-refractivity contribution in [3.05, 3.63) is 93.3 Å². The molecule has 4 aromatic rings. The van der Waals surface area contributed by atoms with E-state index in [2.05, 4.69) is 15.8 Å². The summed E-state index contributed by atoms with van der Waals surface area (Å²) in [5.41, 5.74) is 1.05. The van der Waals surface area contributed by atoms with Crippen LogP contribution < -0.4 is 15.1 Å². The lowest BCUT2D eigenvalue weighted by atomic mass is 10.0. The van der Waals surface area contributed by atoms with Gasteiger partial charge in [0.2, 0.25) is 15.5 Å². The fraction of sp³-hybridized carbons (Fsp3) is 0.120. The molecule has 186 valence electrons. The summed E-state index contributed by atoms with van der Waals surface area (Å²) in [5, 5.41) is 19.4. The number of fused-ring (bicyclic) bond motifs is 2. The number of aromatic carboxylic acids is 1. The molecule has 0 unspecified atom stereocenters. The van der Waals surface area contributed by atoms with Crippen LogP contribution in [-0.2, 0) is 23.1 Å². The third-order valence-corrected chi connectivity index (χ3v) is 6.62. The van der Waals surface area contributed by atoms with Crippen molar-refractivity contribution in [3.63, 3.8) is 0 Å². The first-order chi connectivity index (χ1) is 17.6. The first kappa shape index (κ1) is 24.0. The number of nitriles is 1. The zero-order valence-corrected chi connectivity index (χ0v) is 20.1. The van der Waals surface area contributed by atoms with Crippen molar-refractivity contribution in [1.82, 2.24) is 9.55 Å². The van der Waals surface area contributed by atoms with Gasteiger partial charge in [-0.1, -0.05) is 6.07 Å². The lowest BCUT2D eigenvalue weighted by molar-refractivity contribution is 0.0695. The van der Waals surface area contributed by atoms with E-state index in [9.17, 15) is 28.4 Å². The van der Waals surface area contributed by atoms with Crippen LogP contribution in [-0.4, -0.2) is 35.3 Å². The molecule has 0 bridgehead atoms. The van der Waals surface area contributed by atoms with Crippen molar-refractivity contribution >= 4 is 38.3 Å². The molecule has 1 aliphatic rings. The smallest absolute Gasteiger partial charge is 0.341 e. The summed E-state index contributed by atoms with van der Waals surface area (Å²) >= 11 is 0. The average molecular weight is 520 g/mol. The molecule has 0 radical (unpaired) electrons. The zero-order valence-electron chi connectivity index (χ0n) is 19.3. The zero-order chi connectivity index (χ0) is 26.5. The molecule has 2 N–H and O–H groups in total. The first-order valence-corrected chi connectivity index (χ1v) is 12.8. The van der Waals surface area contributed by atoms with Gasteiger partial charge < -0.3 is 14.6 Å². The van der Waals surface area contributed by atoms with Gasteiger partial charge in [-0.3, -0.25) is 14.5 Å². The predicted octanol–water partition coefficient (Wildman–Crippen LogP) is 2.99. The van der Waals surface area contributed by atoms with Crippen molar-refractivity contribution in [1.29, 1.82) is 5.26 Å². The highest BCUT2D eigenvalue weighted by Gasteiger charge is 2.25. The molecule has 2 aromatic carbocycles. The Morgan fingerprint density at radius 1 is 1.19 bits per heavy atom. The van der Waals surface area contributed by atoms with Gasteiger partial charge in [0, 0.05) is 30.4 Å². The number of rotatable bonds is 5. The van der Waals surface area contributed by atoms with Crippen molar-refractivity contribution in [2.45, 2.75) is 13.1 Å². The van der Waals surface area contributed by atoms with Gasteiger partial charge in [-0.15, -0.1) is 0 Å². The number of nitrogens with one attached hydrogen (secondary N) is 1. The SMILES string of the molecule is CS(=O)(=O)Nc1ccc(-n2cc(C(=O)O)c(=O)c3cc(C#N)c(N4Cc5cccnc5C4)cc32)c(F)c1. The highest BCUT2D eigenvalue weighted by molar-refractivity contribution is 7.92. The molecule has 0 saturated carbocycles. The Morgan fingerprint density at radius 2 is 1.97 bits per heavy atom. The van der Waals surface area contributed by atoms with Gasteiger partial charge >= 0.3 is 5.97 Å². The fourth-order valence-corrected chi connectivity index (χ4v) is 4.97. The normalized spacial score (nSPS) is 12.8. The summed E-state index contributed by atoms with van der Waals surface area (Å²) in [6.45, 7) is 0.870. The Balaban J connectivity index is 1.74. The number of benzene rings is 2. The van der Waals surface area contributed by atoms with E-state index in [1.807, 2.05) is 17.0 Å². The summed E-state index contributed by atoms with van der Waals surface area (Å²) in [6.07, 6.45) is 3.61. The van der Waals surface area contributed by atoms with E-state index in [0.29, 0.717) is 18.8 Å². The molecule has 37 heavy (non-hydrogen) atoms. The van der Waals surface area contributed by atoms with E-state index in [0.717, 1.165) is 29.8 Å². The number of carboxylic acid groups (broad SMARTS) is 1. The number of sulfonamides is 1. The molecule has 0 fully saturated rings. The quantitative estimate of drug-likeness (QED) is 0.409. The standard InChI is InChI=1S/C25H18FN5O5S/c1-37(35,36)29-16-4-5-21(19(26)8-16)31-12-18(25(33)34)24(32)17-7-15(10-27)22(9-23(17)31)30-11-14-3-2-6-28-20(14)13-30/h2-9,12,29H,11,13H2,1H3,(H,33,34). The number of carbonyl (C=O) groups is 1. The number of nitrogens with zero attached hydrogens (tertiary/aromatic N) is 4. The lowest BCUT2D eigenvalue weighted by Gasteiger charge is -2.21. The molecule has 3 heterocycles. The third-order valence-electron chi connectivity index (χ3n) is 6.01. The van der Waals surface area contributed by atoms with Crippen LogP contribution in [0.15, 0.2) is 59.7 Å². The lowest BCUT2D eigenvalue weighted by Crippen LogP contribution is -2.21. The molecule has 5 rings (SSSR count). The van der Waals surface area contributed by atoms with E-state index in [1.165, 1.54) is 22.8 Å². The second-order valence-corrected chi connectivity index (χ2v) is 10.3. The fourth-order valence-electron chi connectivity index (χ4n) is 4.41. The van der Waals surface area contributed by atoms with Crippen molar-refractivity contribution in [2.24, 2.45) is 0 Å². The summed E-state index contributed by atoms with van der Waals surface area (Å²) < 4.78 is 41.7. The summed E-state index contributed by atoms with van der Waals surface area (Å²) in [6, 6.07) is 12.2. The van der Waals surface area contributed by atoms with Gasteiger partial charge in [0.1, 0.15) is 17.4 Å². The largest absolute Gasteiger partial charge is 0.477 e. The monoisotopic (exact) mass is 519 g/mol. The summed E-state index contributed by atoms with van der Waals surface area (Å²) in [7, 11) is -3.66. The first-order valence-electron chi connectivity index (χ1n) is 10.9. The Morgan fingerprint density at radius 3 is 2.62 bits per heavy atom. The molecular weight excluding hydrogens is 501 g/mol. The van der Waals surface area contributed by atoms with E-state index < -0.39 is 32.8 Å². The molecule has 0 amide bonds. The number of hydrogen-bond acceptors (Lipinski definition) is 7. The molecule has 0 atom stereocenters. The molecular formula is C25H18FN5O5S. The summed E-state index contributed by atoms with van der Waals surface area (Å²) in [5.74, 6) is -2.38. The number of anilines is 2. The van der Waals surface area contributed by atoms with Gasteiger partial charge in [-0.25, -0.2) is 17.6 Å². The predicted molar refractivity (Wildman–Crippen MR) is 134 cm³/mol. The number of aromatic nitrogens is 2. The highest BCUT2D eigenvalue weighted by atomic mass is 32.2. The van der Waals surface area contributed by atoms with Crippen LogP contribution in [0.1, 0.15) is 27.2 Å². The van der Waals surface area contributed by atoms with Gasteiger partial charge in [0.05, 0.1) is 46.6 Å². The highest BCUT2D eigenvalue weighted by Crippen LogP contribution is 2.33. The third kappa shape index (κ3) is 4.36. The number of halogens is 1. The van der Waals surface area contributed by atoms with Gasteiger partial charge in [0.15, 0.2) is 0 Å². The minimum absolute atomic E-state index is 0.0256. The van der Waals surface area contributed by atoms with Crippen LogP contribution in [0.5, 0.6) is 0 Å². The van der Waals surface area contributed by atoms with Crippen LogP contribution in [0.2, 0.25) is 0 Å². The maximum atomic E-state index is 15.2. The molecule has 0 aliphatic carbocycles. The molecule has 12 heteroatoms. The van der Waals surface area contributed by atoms with Crippen LogP contribution in [0.25, 0.3) is 16.6 Å². The van der Waals surface area contributed by atoms with Gasteiger partial charge in [-0.05, 0) is 35.9 Å². The van der Waals surface area contributed by atoms with Crippen LogP contribution in [0, 0.1) is 17.1 Å². The summed E-state index contributed by atoms with van der Waals surface area (Å²) in [4.78, 5) is 31.1. The number of pyridine rings is 2. The Bertz CT molecular complexity index is 1800. The number of hydrogen-bond donors (Lipinski definition) is 2. The minimum Gasteiger partial charge on any atom is -0.477 e. The van der Waals surface area contributed by atoms with Crippen LogP contribution in [0.4, 0.5) is 15.8 Å². The minimum atomic E-state index is -3.66. The van der Waals surface area contributed by atoms with Crippen molar-refractivity contribution in [2.75, 3.05) is 15.9 Å². The van der Waals surface area contributed by atoms with Gasteiger partial charge in [-0.2, -0.15) is 5.26 Å². The molecule has 2 aromatic heterocycles. The molecule has 1 aliphatic heterocycles. The second kappa shape index (κ2) is 8.72. The van der Waals surface area contributed by atoms with E-state index >= 15 is 4.39 Å². The maximum Gasteiger partial charge on any atom is 0.341 e. The van der Waals surface area contributed by atoms with E-state index in [1.54, 1.807) is 12.3 Å². The van der Waals surface area contributed by atoms with Crippen molar-refractivity contribution in [3.8, 4) is 11.8 Å². The number of carboxylic acids is 1. The van der Waals surface area contributed by atoms with Crippen molar-refractivity contribution < 1.29 is 22.7 Å². The second-order valence-electron chi connectivity index (χ2n) is 8.55. The Labute approximate surface area is 209 Å². The molecule has 0 saturated heterocycles. The van der Waals surface area contributed by atoms with Crippen LogP contribution in [0.3, 0.4) is 0 Å². The Hall–Kier alpha value is -4.76. The Kier molecular flexibility index (Phi) is 5.65. The topological polar surface area (TPSA) is 145 Å². The maximum absolute atomic E-state index is 15.2. The molecule has 0 spiro atoms. The average Bonchev–Trinajstić information content (AvgIpc) is 3.27. The van der Waals surface area contributed by atoms with E-state index in [-0.39, 0.29) is 27.8 Å².